The van der Waals surface area contributed by atoms with Gasteiger partial charge < -0.3 is 5.32 Å². The van der Waals surface area contributed by atoms with Crippen molar-refractivity contribution >= 4 is 21.6 Å². The lowest BCUT2D eigenvalue weighted by Crippen LogP contribution is -2.42. The zero-order chi connectivity index (χ0) is 14.0. The van der Waals surface area contributed by atoms with Crippen LogP contribution in [0.4, 0.5) is 5.69 Å². The lowest BCUT2D eigenvalue weighted by atomic mass is 9.78. The van der Waals surface area contributed by atoms with Crippen LogP contribution in [0.3, 0.4) is 0 Å². The van der Waals surface area contributed by atoms with Crippen molar-refractivity contribution in [2.75, 3.05) is 5.32 Å². The molecule has 1 N–H and O–H groups in total. The molecule has 1 aliphatic rings. The Morgan fingerprint density at radius 2 is 1.90 bits per heavy atom. The Morgan fingerprint density at radius 3 is 2.65 bits per heavy atom. The van der Waals surface area contributed by atoms with E-state index in [1.807, 2.05) is 30.3 Å². The SMILES string of the molecule is N#CC1(Nc2ccccc2)CCc2cc(Br)ccc2C1. The van der Waals surface area contributed by atoms with Gasteiger partial charge >= 0.3 is 0 Å². The van der Waals surface area contributed by atoms with E-state index in [0.717, 1.165) is 29.4 Å². The van der Waals surface area contributed by atoms with Gasteiger partial charge in [0.25, 0.3) is 0 Å². The van der Waals surface area contributed by atoms with Crippen molar-refractivity contribution in [3.63, 3.8) is 0 Å². The van der Waals surface area contributed by atoms with Gasteiger partial charge in [0.15, 0.2) is 0 Å². The van der Waals surface area contributed by atoms with Gasteiger partial charge in [-0.05, 0) is 48.2 Å². The van der Waals surface area contributed by atoms with Gasteiger partial charge in [0.2, 0.25) is 0 Å². The molecule has 0 amide bonds. The summed E-state index contributed by atoms with van der Waals surface area (Å²) in [5.41, 5.74) is 3.13. The average molecular weight is 327 g/mol. The van der Waals surface area contributed by atoms with E-state index in [0.29, 0.717) is 0 Å². The molecule has 0 saturated carbocycles. The van der Waals surface area contributed by atoms with Crippen molar-refractivity contribution in [3.8, 4) is 6.07 Å². The Labute approximate surface area is 127 Å². The van der Waals surface area contributed by atoms with Gasteiger partial charge in [-0.2, -0.15) is 5.26 Å². The number of benzene rings is 2. The van der Waals surface area contributed by atoms with Gasteiger partial charge in [-0.3, -0.25) is 0 Å². The second-order valence-electron chi connectivity index (χ2n) is 5.27. The Morgan fingerprint density at radius 1 is 1.10 bits per heavy atom. The second kappa shape index (κ2) is 5.30. The zero-order valence-electron chi connectivity index (χ0n) is 11.1. The van der Waals surface area contributed by atoms with E-state index in [-0.39, 0.29) is 0 Å². The van der Waals surface area contributed by atoms with Crippen LogP contribution in [-0.4, -0.2) is 5.54 Å². The molecule has 0 aromatic heterocycles. The van der Waals surface area contributed by atoms with Gasteiger partial charge in [-0.15, -0.1) is 0 Å². The lowest BCUT2D eigenvalue weighted by molar-refractivity contribution is 0.507. The van der Waals surface area contributed by atoms with E-state index in [9.17, 15) is 5.26 Å². The number of halogens is 1. The fourth-order valence-corrected chi connectivity index (χ4v) is 3.20. The fourth-order valence-electron chi connectivity index (χ4n) is 2.79. The minimum atomic E-state index is -0.498. The molecule has 0 fully saturated rings. The number of hydrogen-bond donors (Lipinski definition) is 1. The van der Waals surface area contributed by atoms with Crippen LogP contribution in [0.2, 0.25) is 0 Å². The topological polar surface area (TPSA) is 35.8 Å². The average Bonchev–Trinajstić information content (AvgIpc) is 2.48. The van der Waals surface area contributed by atoms with Crippen LogP contribution >= 0.6 is 15.9 Å². The fraction of sp³-hybridized carbons (Fsp3) is 0.235. The summed E-state index contributed by atoms with van der Waals surface area (Å²) >= 11 is 3.51. The van der Waals surface area contributed by atoms with Crippen molar-refractivity contribution in [2.45, 2.75) is 24.8 Å². The highest BCUT2D eigenvalue weighted by molar-refractivity contribution is 9.10. The van der Waals surface area contributed by atoms with Crippen LogP contribution in [0, 0.1) is 11.3 Å². The highest BCUT2D eigenvalue weighted by Gasteiger charge is 2.34. The summed E-state index contributed by atoms with van der Waals surface area (Å²) in [5.74, 6) is 0. The molecule has 1 atom stereocenters. The summed E-state index contributed by atoms with van der Waals surface area (Å²) < 4.78 is 1.11. The lowest BCUT2D eigenvalue weighted by Gasteiger charge is -2.34. The summed E-state index contributed by atoms with van der Waals surface area (Å²) in [5, 5.41) is 13.1. The molecule has 2 aromatic carbocycles. The van der Waals surface area contributed by atoms with Gasteiger partial charge in [0.05, 0.1) is 6.07 Å². The number of aryl methyl sites for hydroxylation is 1. The van der Waals surface area contributed by atoms with E-state index >= 15 is 0 Å². The zero-order valence-corrected chi connectivity index (χ0v) is 12.7. The Kier molecular flexibility index (Phi) is 3.50. The molecule has 0 spiro atoms. The molecule has 1 aliphatic carbocycles. The predicted octanol–water partition coefficient (Wildman–Crippen LogP) is 4.31. The second-order valence-corrected chi connectivity index (χ2v) is 6.19. The molecule has 0 bridgehead atoms. The van der Waals surface area contributed by atoms with Crippen molar-refractivity contribution < 1.29 is 0 Å². The van der Waals surface area contributed by atoms with E-state index in [2.05, 4.69) is 45.5 Å². The molecular weight excluding hydrogens is 312 g/mol. The number of rotatable bonds is 2. The maximum atomic E-state index is 9.66. The van der Waals surface area contributed by atoms with E-state index in [1.165, 1.54) is 11.1 Å². The third-order valence-corrected chi connectivity index (χ3v) is 4.35. The summed E-state index contributed by atoms with van der Waals surface area (Å²) in [6.07, 6.45) is 2.52. The molecule has 2 nitrogen and oxygen atoms in total. The van der Waals surface area contributed by atoms with E-state index in [4.69, 9.17) is 0 Å². The largest absolute Gasteiger partial charge is 0.367 e. The highest BCUT2D eigenvalue weighted by Crippen LogP contribution is 2.32. The molecular formula is C17H15BrN2. The van der Waals surface area contributed by atoms with Gasteiger partial charge in [0, 0.05) is 16.6 Å². The minimum absolute atomic E-state index is 0.498. The van der Waals surface area contributed by atoms with Gasteiger partial charge in [-0.25, -0.2) is 0 Å². The maximum absolute atomic E-state index is 9.66. The Bertz CT molecular complexity index is 660. The molecule has 100 valence electrons. The Balaban J connectivity index is 1.89. The number of nitrogens with one attached hydrogen (secondary N) is 1. The monoisotopic (exact) mass is 326 g/mol. The van der Waals surface area contributed by atoms with Crippen LogP contribution in [0.1, 0.15) is 17.5 Å². The molecule has 20 heavy (non-hydrogen) atoms. The quantitative estimate of drug-likeness (QED) is 0.892. The molecule has 2 aromatic rings. The summed E-state index contributed by atoms with van der Waals surface area (Å²) in [6.45, 7) is 0. The van der Waals surface area contributed by atoms with Crippen molar-refractivity contribution in [1.82, 2.24) is 0 Å². The number of hydrogen-bond acceptors (Lipinski definition) is 2. The normalized spacial score (nSPS) is 20.8. The summed E-state index contributed by atoms with van der Waals surface area (Å²) in [4.78, 5) is 0. The van der Waals surface area contributed by atoms with Gasteiger partial charge in [0.1, 0.15) is 5.54 Å². The summed E-state index contributed by atoms with van der Waals surface area (Å²) in [7, 11) is 0. The van der Waals surface area contributed by atoms with Crippen molar-refractivity contribution in [3.05, 3.63) is 64.1 Å². The van der Waals surface area contributed by atoms with Crippen LogP contribution in [-0.2, 0) is 12.8 Å². The summed E-state index contributed by atoms with van der Waals surface area (Å²) in [6, 6.07) is 18.8. The van der Waals surface area contributed by atoms with Gasteiger partial charge in [-0.1, -0.05) is 40.2 Å². The Hall–Kier alpha value is -1.79. The first-order chi connectivity index (χ1) is 9.71. The third kappa shape index (κ3) is 2.57. The predicted molar refractivity (Wildman–Crippen MR) is 84.6 cm³/mol. The van der Waals surface area contributed by atoms with Crippen molar-refractivity contribution in [1.29, 1.82) is 5.26 Å². The molecule has 0 aliphatic heterocycles. The van der Waals surface area contributed by atoms with Crippen LogP contribution < -0.4 is 5.32 Å². The number of nitriles is 1. The maximum Gasteiger partial charge on any atom is 0.129 e. The highest BCUT2D eigenvalue weighted by atomic mass is 79.9. The van der Waals surface area contributed by atoms with E-state index < -0.39 is 5.54 Å². The number of nitrogens with zero attached hydrogens (tertiary/aromatic N) is 1. The first kappa shape index (κ1) is 13.2. The standard InChI is InChI=1S/C17H15BrN2/c18-15-7-6-14-11-17(12-19,9-8-13(14)10-15)20-16-4-2-1-3-5-16/h1-7,10,20H,8-9,11H2. The molecule has 0 saturated heterocycles. The van der Waals surface area contributed by atoms with E-state index in [1.54, 1.807) is 0 Å². The molecule has 1 unspecified atom stereocenters. The smallest absolute Gasteiger partial charge is 0.129 e. The third-order valence-electron chi connectivity index (χ3n) is 3.85. The van der Waals surface area contributed by atoms with Crippen LogP contribution in [0.15, 0.2) is 53.0 Å². The number of anilines is 1. The molecule has 0 radical (unpaired) electrons. The molecule has 3 heteroatoms. The molecule has 0 heterocycles. The number of fused-ring (bicyclic) bond motifs is 1. The van der Waals surface area contributed by atoms with Crippen LogP contribution in [0.5, 0.6) is 0 Å². The van der Waals surface area contributed by atoms with Crippen LogP contribution in [0.25, 0.3) is 0 Å². The number of para-hydroxylation sites is 1. The first-order valence-electron chi connectivity index (χ1n) is 6.73. The minimum Gasteiger partial charge on any atom is -0.367 e. The molecule has 3 rings (SSSR count). The van der Waals surface area contributed by atoms with Crippen molar-refractivity contribution in [2.24, 2.45) is 0 Å². The first-order valence-corrected chi connectivity index (χ1v) is 7.52.